The minimum Gasteiger partial charge on any atom is -0.348 e. The molecule has 1 aliphatic heterocycles. The van der Waals surface area contributed by atoms with Crippen LogP contribution in [0.15, 0.2) is 0 Å². The summed E-state index contributed by atoms with van der Waals surface area (Å²) in [7, 11) is 0. The van der Waals surface area contributed by atoms with Crippen LogP contribution in [0.4, 0.5) is 8.78 Å². The molecule has 5 nitrogen and oxygen atoms in total. The highest BCUT2D eigenvalue weighted by molar-refractivity contribution is 5.86. The van der Waals surface area contributed by atoms with Crippen molar-refractivity contribution < 1.29 is 18.4 Å². The smallest absolute Gasteiger partial charge is 0.277 e. The normalized spacial score (nSPS) is 15.7. The molecular weight excluding hydrogens is 256 g/mol. The fraction of sp³-hybridized carbons (Fsp3) is 0.778. The molecule has 0 atom stereocenters. The average Bonchev–Trinajstić information content (AvgIpc) is 2.62. The maximum Gasteiger partial charge on any atom is 0.277 e. The van der Waals surface area contributed by atoms with E-state index in [1.54, 1.807) is 0 Å². The van der Waals surface area contributed by atoms with E-state index in [1.807, 2.05) is 0 Å². The van der Waals surface area contributed by atoms with Gasteiger partial charge in [-0.15, -0.1) is 12.4 Å². The van der Waals surface area contributed by atoms with E-state index >= 15 is 0 Å². The summed E-state index contributed by atoms with van der Waals surface area (Å²) in [6.45, 7) is -1.24. The SMILES string of the molecule is Cl.NCC(F)(F)CNC(=O)CN1CCCC1=O. The number of carbonyl (C=O) groups excluding carboxylic acids is 2. The van der Waals surface area contributed by atoms with Gasteiger partial charge in [0, 0.05) is 13.0 Å². The van der Waals surface area contributed by atoms with Gasteiger partial charge in [-0.3, -0.25) is 9.59 Å². The summed E-state index contributed by atoms with van der Waals surface area (Å²) in [5.74, 6) is -3.78. The lowest BCUT2D eigenvalue weighted by atomic mass is 10.3. The molecule has 0 aromatic heterocycles. The molecule has 0 spiro atoms. The van der Waals surface area contributed by atoms with E-state index in [2.05, 4.69) is 5.32 Å². The van der Waals surface area contributed by atoms with Gasteiger partial charge in [0.1, 0.15) is 0 Å². The Balaban J connectivity index is 0.00000256. The van der Waals surface area contributed by atoms with Crippen LogP contribution in [-0.4, -0.2) is 48.8 Å². The van der Waals surface area contributed by atoms with Gasteiger partial charge in [-0.25, -0.2) is 8.78 Å². The minimum atomic E-state index is -3.09. The van der Waals surface area contributed by atoms with Crippen LogP contribution in [0.3, 0.4) is 0 Å². The van der Waals surface area contributed by atoms with Crippen molar-refractivity contribution in [1.82, 2.24) is 10.2 Å². The summed E-state index contributed by atoms with van der Waals surface area (Å²) < 4.78 is 25.4. The van der Waals surface area contributed by atoms with Gasteiger partial charge in [0.25, 0.3) is 5.92 Å². The number of amides is 2. The van der Waals surface area contributed by atoms with Crippen LogP contribution in [-0.2, 0) is 9.59 Å². The maximum atomic E-state index is 12.7. The molecule has 1 fully saturated rings. The summed E-state index contributed by atoms with van der Waals surface area (Å²) >= 11 is 0. The first-order valence-electron chi connectivity index (χ1n) is 5.07. The van der Waals surface area contributed by atoms with E-state index < -0.39 is 24.9 Å². The van der Waals surface area contributed by atoms with Crippen molar-refractivity contribution in [1.29, 1.82) is 0 Å². The number of alkyl halides is 2. The molecule has 3 N–H and O–H groups in total. The topological polar surface area (TPSA) is 75.4 Å². The molecular formula is C9H16ClF2N3O2. The largest absolute Gasteiger partial charge is 0.348 e. The molecule has 1 saturated heterocycles. The Bertz CT molecular complexity index is 289. The van der Waals surface area contributed by atoms with Crippen LogP contribution in [0, 0.1) is 0 Å². The summed E-state index contributed by atoms with van der Waals surface area (Å²) in [4.78, 5) is 23.7. The number of hydrogen-bond acceptors (Lipinski definition) is 3. The van der Waals surface area contributed by atoms with Gasteiger partial charge >= 0.3 is 0 Å². The zero-order valence-corrected chi connectivity index (χ0v) is 10.1. The van der Waals surface area contributed by atoms with Crippen molar-refractivity contribution in [2.75, 3.05) is 26.2 Å². The van der Waals surface area contributed by atoms with E-state index in [-0.39, 0.29) is 24.9 Å². The van der Waals surface area contributed by atoms with E-state index in [0.717, 1.165) is 0 Å². The van der Waals surface area contributed by atoms with Crippen LogP contribution in [0.25, 0.3) is 0 Å². The van der Waals surface area contributed by atoms with E-state index in [4.69, 9.17) is 5.73 Å². The van der Waals surface area contributed by atoms with Crippen LogP contribution >= 0.6 is 12.4 Å². The third kappa shape index (κ3) is 5.27. The minimum absolute atomic E-state index is 0. The molecule has 1 heterocycles. The molecule has 1 rings (SSSR count). The van der Waals surface area contributed by atoms with Crippen molar-refractivity contribution in [3.8, 4) is 0 Å². The molecule has 17 heavy (non-hydrogen) atoms. The van der Waals surface area contributed by atoms with Gasteiger partial charge in [0.2, 0.25) is 11.8 Å². The molecule has 8 heteroatoms. The fourth-order valence-electron chi connectivity index (χ4n) is 1.40. The zero-order chi connectivity index (χ0) is 12.2. The zero-order valence-electron chi connectivity index (χ0n) is 9.25. The van der Waals surface area contributed by atoms with Gasteiger partial charge in [0.15, 0.2) is 0 Å². The number of carbonyl (C=O) groups is 2. The van der Waals surface area contributed by atoms with Gasteiger partial charge in [-0.2, -0.15) is 0 Å². The molecule has 0 saturated carbocycles. The Labute approximate surface area is 104 Å². The monoisotopic (exact) mass is 271 g/mol. The van der Waals surface area contributed by atoms with Gasteiger partial charge in [0.05, 0.1) is 19.6 Å². The molecule has 0 radical (unpaired) electrons. The number of nitrogens with one attached hydrogen (secondary N) is 1. The average molecular weight is 272 g/mol. The predicted molar refractivity (Wildman–Crippen MR) is 60.1 cm³/mol. The summed E-state index contributed by atoms with van der Waals surface area (Å²) in [5, 5.41) is 2.06. The third-order valence-corrected chi connectivity index (χ3v) is 2.35. The summed E-state index contributed by atoms with van der Waals surface area (Å²) in [6, 6.07) is 0. The lowest BCUT2D eigenvalue weighted by molar-refractivity contribution is -0.133. The van der Waals surface area contributed by atoms with Crippen molar-refractivity contribution >= 4 is 24.2 Å². The quantitative estimate of drug-likeness (QED) is 0.723. The van der Waals surface area contributed by atoms with E-state index in [0.29, 0.717) is 19.4 Å². The van der Waals surface area contributed by atoms with Gasteiger partial charge in [-0.05, 0) is 6.42 Å². The molecule has 1 aliphatic rings. The number of nitrogens with two attached hydrogens (primary N) is 1. The Morgan fingerprint density at radius 2 is 2.18 bits per heavy atom. The van der Waals surface area contributed by atoms with Crippen molar-refractivity contribution in [2.45, 2.75) is 18.8 Å². The molecule has 100 valence electrons. The number of rotatable bonds is 5. The van der Waals surface area contributed by atoms with Crippen molar-refractivity contribution in [3.05, 3.63) is 0 Å². The van der Waals surface area contributed by atoms with Crippen LogP contribution in [0.5, 0.6) is 0 Å². The number of halogens is 3. The second-order valence-electron chi connectivity index (χ2n) is 3.76. The first-order chi connectivity index (χ1) is 7.44. The molecule has 0 aliphatic carbocycles. The second-order valence-corrected chi connectivity index (χ2v) is 3.76. The second kappa shape index (κ2) is 6.70. The highest BCUT2D eigenvalue weighted by Gasteiger charge is 2.28. The molecule has 0 unspecified atom stereocenters. The number of hydrogen-bond donors (Lipinski definition) is 2. The molecule has 0 bridgehead atoms. The fourth-order valence-corrected chi connectivity index (χ4v) is 1.40. The van der Waals surface area contributed by atoms with Crippen molar-refractivity contribution in [3.63, 3.8) is 0 Å². The Kier molecular flexibility index (Phi) is 6.33. The first-order valence-corrected chi connectivity index (χ1v) is 5.07. The maximum absolute atomic E-state index is 12.7. The van der Waals surface area contributed by atoms with E-state index in [1.165, 1.54) is 4.90 Å². The van der Waals surface area contributed by atoms with Crippen LogP contribution in [0.2, 0.25) is 0 Å². The van der Waals surface area contributed by atoms with Crippen LogP contribution in [0.1, 0.15) is 12.8 Å². The molecule has 0 aromatic carbocycles. The lowest BCUT2D eigenvalue weighted by Gasteiger charge is -2.17. The molecule has 0 aromatic rings. The number of nitrogens with zero attached hydrogens (tertiary/aromatic N) is 1. The predicted octanol–water partition coefficient (Wildman–Crippen LogP) is -0.259. The highest BCUT2D eigenvalue weighted by Crippen LogP contribution is 2.10. The van der Waals surface area contributed by atoms with Gasteiger partial charge in [-0.1, -0.05) is 0 Å². The highest BCUT2D eigenvalue weighted by atomic mass is 35.5. The lowest BCUT2D eigenvalue weighted by Crippen LogP contribution is -2.45. The summed E-state index contributed by atoms with van der Waals surface area (Å²) in [6.07, 6.45) is 1.14. The third-order valence-electron chi connectivity index (χ3n) is 2.35. The Morgan fingerprint density at radius 1 is 1.53 bits per heavy atom. The van der Waals surface area contributed by atoms with E-state index in [9.17, 15) is 18.4 Å². The number of likely N-dealkylation sites (tertiary alicyclic amines) is 1. The molecule has 2 amide bonds. The first kappa shape index (κ1) is 16.1. The van der Waals surface area contributed by atoms with Gasteiger partial charge < -0.3 is 16.0 Å². The Hall–Kier alpha value is -0.950. The summed E-state index contributed by atoms with van der Waals surface area (Å²) in [5.41, 5.74) is 4.81. The standard InChI is InChI=1S/C9H15F2N3O2.ClH/c10-9(11,5-12)6-13-7(15)4-14-3-1-2-8(14)16;/h1-6,12H2,(H,13,15);1H. The van der Waals surface area contributed by atoms with Crippen LogP contribution < -0.4 is 11.1 Å². The van der Waals surface area contributed by atoms with Crippen molar-refractivity contribution in [2.24, 2.45) is 5.73 Å². The Morgan fingerprint density at radius 3 is 2.65 bits per heavy atom.